The Kier molecular flexibility index (Phi) is 8.58. The number of hydrogen-bond donors (Lipinski definition) is 0. The van der Waals surface area contributed by atoms with Gasteiger partial charge in [-0.25, -0.2) is 8.78 Å². The van der Waals surface area contributed by atoms with E-state index in [1.54, 1.807) is 0 Å². The highest BCUT2D eigenvalue weighted by molar-refractivity contribution is 4.95. The summed E-state index contributed by atoms with van der Waals surface area (Å²) in [6.07, 6.45) is 4.39. The summed E-state index contributed by atoms with van der Waals surface area (Å²) in [6.45, 7) is 5.65. The summed E-state index contributed by atoms with van der Waals surface area (Å²) in [5, 5.41) is 0. The van der Waals surface area contributed by atoms with Crippen molar-refractivity contribution in [2.45, 2.75) is 46.5 Å². The van der Waals surface area contributed by atoms with Gasteiger partial charge in [0.05, 0.1) is 0 Å². The molecule has 3 heteroatoms. The SMILES string of the molecule is CCCC(CCC)COC/C(F)=C(\C)F. The second kappa shape index (κ2) is 8.84. The average Bonchev–Trinajstić information content (AvgIpc) is 2.18. The summed E-state index contributed by atoms with van der Waals surface area (Å²) in [4.78, 5) is 0. The molecule has 0 aromatic heterocycles. The molecule has 0 atom stereocenters. The first-order chi connectivity index (χ1) is 7.11. The van der Waals surface area contributed by atoms with Gasteiger partial charge in [-0.05, 0) is 25.7 Å². The van der Waals surface area contributed by atoms with Crippen molar-refractivity contribution in [1.82, 2.24) is 0 Å². The van der Waals surface area contributed by atoms with E-state index in [1.165, 1.54) is 0 Å². The predicted octanol–water partition coefficient (Wildman–Crippen LogP) is 4.39. The molecule has 0 saturated carbocycles. The van der Waals surface area contributed by atoms with Crippen molar-refractivity contribution in [1.29, 1.82) is 0 Å². The molecule has 0 aliphatic heterocycles. The average molecular weight is 220 g/mol. The van der Waals surface area contributed by atoms with Crippen LogP contribution in [0.4, 0.5) is 8.78 Å². The first-order valence-corrected chi connectivity index (χ1v) is 5.70. The van der Waals surface area contributed by atoms with Crippen LogP contribution in [0.2, 0.25) is 0 Å². The Labute approximate surface area is 91.5 Å². The van der Waals surface area contributed by atoms with E-state index in [2.05, 4.69) is 13.8 Å². The van der Waals surface area contributed by atoms with Gasteiger partial charge in [0.25, 0.3) is 0 Å². The highest BCUT2D eigenvalue weighted by Crippen LogP contribution is 2.15. The van der Waals surface area contributed by atoms with Crippen LogP contribution >= 0.6 is 0 Å². The summed E-state index contributed by atoms with van der Waals surface area (Å²) in [5.41, 5.74) is 0. The van der Waals surface area contributed by atoms with Crippen LogP contribution in [0, 0.1) is 5.92 Å². The minimum absolute atomic E-state index is 0.230. The Hall–Kier alpha value is -0.440. The Morgan fingerprint density at radius 2 is 1.67 bits per heavy atom. The standard InChI is InChI=1S/C12H22F2O/c1-4-6-11(7-5-2)8-15-9-12(14)10(3)13/h11H,4-9H2,1-3H3/b12-10-. The van der Waals surface area contributed by atoms with Crippen molar-refractivity contribution in [2.75, 3.05) is 13.2 Å². The van der Waals surface area contributed by atoms with Gasteiger partial charge in [0.1, 0.15) is 12.4 Å². The molecule has 0 aliphatic carbocycles. The van der Waals surface area contributed by atoms with Crippen molar-refractivity contribution < 1.29 is 13.5 Å². The molecule has 15 heavy (non-hydrogen) atoms. The van der Waals surface area contributed by atoms with Gasteiger partial charge in [-0.1, -0.05) is 26.7 Å². The zero-order valence-corrected chi connectivity index (χ0v) is 9.98. The monoisotopic (exact) mass is 220 g/mol. The molecule has 0 fully saturated rings. The molecule has 90 valence electrons. The Morgan fingerprint density at radius 3 is 2.07 bits per heavy atom. The van der Waals surface area contributed by atoms with Crippen LogP contribution in [0.5, 0.6) is 0 Å². The van der Waals surface area contributed by atoms with Gasteiger partial charge in [-0.2, -0.15) is 0 Å². The van der Waals surface area contributed by atoms with E-state index in [4.69, 9.17) is 4.74 Å². The highest BCUT2D eigenvalue weighted by atomic mass is 19.2. The zero-order chi connectivity index (χ0) is 11.7. The molecular formula is C12H22F2O. The number of ether oxygens (including phenoxy) is 1. The lowest BCUT2D eigenvalue weighted by Crippen LogP contribution is -2.10. The largest absolute Gasteiger partial charge is 0.374 e. The molecule has 0 unspecified atom stereocenters. The van der Waals surface area contributed by atoms with Crippen LogP contribution < -0.4 is 0 Å². The predicted molar refractivity (Wildman–Crippen MR) is 59.0 cm³/mol. The molecule has 0 radical (unpaired) electrons. The second-order valence-electron chi connectivity index (χ2n) is 3.90. The highest BCUT2D eigenvalue weighted by Gasteiger charge is 2.08. The fourth-order valence-corrected chi connectivity index (χ4v) is 1.54. The minimum atomic E-state index is -0.790. The van der Waals surface area contributed by atoms with Crippen molar-refractivity contribution in [3.63, 3.8) is 0 Å². The van der Waals surface area contributed by atoms with Crippen LogP contribution in [-0.2, 0) is 4.74 Å². The molecule has 0 N–H and O–H groups in total. The minimum Gasteiger partial charge on any atom is -0.374 e. The van der Waals surface area contributed by atoms with Crippen LogP contribution in [0.3, 0.4) is 0 Å². The molecule has 0 bridgehead atoms. The Morgan fingerprint density at radius 1 is 1.13 bits per heavy atom. The molecule has 0 rings (SSSR count). The van der Waals surface area contributed by atoms with Crippen molar-refractivity contribution in [3.8, 4) is 0 Å². The van der Waals surface area contributed by atoms with Gasteiger partial charge in [-0.15, -0.1) is 0 Å². The summed E-state index contributed by atoms with van der Waals surface area (Å²) < 4.78 is 30.2. The summed E-state index contributed by atoms with van der Waals surface area (Å²) in [5.74, 6) is -1.09. The van der Waals surface area contributed by atoms with E-state index in [1.807, 2.05) is 0 Å². The van der Waals surface area contributed by atoms with Gasteiger partial charge >= 0.3 is 0 Å². The van der Waals surface area contributed by atoms with Crippen molar-refractivity contribution in [2.24, 2.45) is 5.92 Å². The normalized spacial score (nSPS) is 13.2. The van der Waals surface area contributed by atoms with Crippen LogP contribution in [-0.4, -0.2) is 13.2 Å². The Bertz CT molecular complexity index is 180. The molecule has 0 aliphatic rings. The van der Waals surface area contributed by atoms with Crippen LogP contribution in [0.1, 0.15) is 46.5 Å². The molecule has 0 amide bonds. The lowest BCUT2D eigenvalue weighted by Gasteiger charge is -2.14. The van der Waals surface area contributed by atoms with E-state index < -0.39 is 11.7 Å². The topological polar surface area (TPSA) is 9.23 Å². The first kappa shape index (κ1) is 14.6. The van der Waals surface area contributed by atoms with Crippen molar-refractivity contribution in [3.05, 3.63) is 11.7 Å². The van der Waals surface area contributed by atoms with Crippen molar-refractivity contribution >= 4 is 0 Å². The molecular weight excluding hydrogens is 198 g/mol. The first-order valence-electron chi connectivity index (χ1n) is 5.70. The fourth-order valence-electron chi connectivity index (χ4n) is 1.54. The quantitative estimate of drug-likeness (QED) is 0.589. The van der Waals surface area contributed by atoms with E-state index in [9.17, 15) is 8.78 Å². The van der Waals surface area contributed by atoms with Gasteiger partial charge < -0.3 is 4.74 Å². The van der Waals surface area contributed by atoms with E-state index in [0.717, 1.165) is 32.6 Å². The van der Waals surface area contributed by atoms with Crippen LogP contribution in [0.15, 0.2) is 11.7 Å². The smallest absolute Gasteiger partial charge is 0.157 e. The molecule has 0 aromatic rings. The maximum Gasteiger partial charge on any atom is 0.157 e. The van der Waals surface area contributed by atoms with Gasteiger partial charge in [0.15, 0.2) is 5.83 Å². The number of allylic oxidation sites excluding steroid dienone is 1. The molecule has 0 saturated heterocycles. The molecule has 1 nitrogen and oxygen atoms in total. The third kappa shape index (κ3) is 7.48. The van der Waals surface area contributed by atoms with E-state index in [-0.39, 0.29) is 6.61 Å². The third-order valence-corrected chi connectivity index (χ3v) is 2.35. The lowest BCUT2D eigenvalue weighted by atomic mass is 9.99. The maximum absolute atomic E-state index is 12.7. The Balaban J connectivity index is 3.75. The van der Waals surface area contributed by atoms with Crippen LogP contribution in [0.25, 0.3) is 0 Å². The summed E-state index contributed by atoms with van der Waals surface area (Å²) >= 11 is 0. The molecule has 0 aromatic carbocycles. The fraction of sp³-hybridized carbons (Fsp3) is 0.833. The van der Waals surface area contributed by atoms with E-state index >= 15 is 0 Å². The maximum atomic E-state index is 12.7. The molecule has 0 spiro atoms. The van der Waals surface area contributed by atoms with Gasteiger partial charge in [0.2, 0.25) is 0 Å². The second-order valence-corrected chi connectivity index (χ2v) is 3.90. The lowest BCUT2D eigenvalue weighted by molar-refractivity contribution is 0.0979. The number of halogens is 2. The third-order valence-electron chi connectivity index (χ3n) is 2.35. The number of hydrogen-bond acceptors (Lipinski definition) is 1. The van der Waals surface area contributed by atoms with E-state index in [0.29, 0.717) is 12.5 Å². The van der Waals surface area contributed by atoms with Gasteiger partial charge in [-0.3, -0.25) is 0 Å². The molecule has 0 heterocycles. The summed E-state index contributed by atoms with van der Waals surface area (Å²) in [6, 6.07) is 0. The zero-order valence-electron chi connectivity index (χ0n) is 9.98. The number of rotatable bonds is 8. The summed E-state index contributed by atoms with van der Waals surface area (Å²) in [7, 11) is 0. The van der Waals surface area contributed by atoms with Gasteiger partial charge in [0, 0.05) is 6.61 Å².